The lowest BCUT2D eigenvalue weighted by atomic mass is 10.1. The van der Waals surface area contributed by atoms with Crippen LogP contribution in [0.25, 0.3) is 0 Å². The van der Waals surface area contributed by atoms with Crippen molar-refractivity contribution in [3.63, 3.8) is 0 Å². The quantitative estimate of drug-likeness (QED) is 0.760. The number of nitrogen functional groups attached to an aromatic ring is 1. The molecule has 0 aliphatic heterocycles. The maximum absolute atomic E-state index is 5.62. The molecule has 2 N–H and O–H groups in total. The third kappa shape index (κ3) is 2.34. The number of nitrogens with two attached hydrogens (primary N) is 1. The second-order valence-corrected chi connectivity index (χ2v) is 3.60. The molecular formula is C11H14N4. The van der Waals surface area contributed by atoms with Crippen molar-refractivity contribution < 1.29 is 0 Å². The minimum atomic E-state index is 0.803. The number of nitrogens with zero attached hydrogens (tertiary/aromatic N) is 3. The van der Waals surface area contributed by atoms with Crippen LogP contribution in [0.5, 0.6) is 0 Å². The standard InChI is InChI=1S/C11H14N4/c1-15-8-13-14-11(15)7-4-9-2-5-10(12)6-3-9/h2-3,5-6,8H,4,7,12H2,1H3. The normalized spacial score (nSPS) is 10.5. The molecule has 78 valence electrons. The SMILES string of the molecule is Cn1cnnc1CCc1ccc(N)cc1. The number of hydrogen-bond acceptors (Lipinski definition) is 3. The highest BCUT2D eigenvalue weighted by Crippen LogP contribution is 2.08. The number of benzene rings is 1. The van der Waals surface area contributed by atoms with Crippen molar-refractivity contribution in [1.82, 2.24) is 14.8 Å². The van der Waals surface area contributed by atoms with Crippen LogP contribution >= 0.6 is 0 Å². The third-order valence-corrected chi connectivity index (χ3v) is 2.42. The van der Waals surface area contributed by atoms with E-state index in [-0.39, 0.29) is 0 Å². The Morgan fingerprint density at radius 2 is 1.93 bits per heavy atom. The van der Waals surface area contributed by atoms with E-state index in [2.05, 4.69) is 10.2 Å². The summed E-state index contributed by atoms with van der Waals surface area (Å²) in [6, 6.07) is 7.94. The Hall–Kier alpha value is -1.84. The van der Waals surface area contributed by atoms with Gasteiger partial charge in [-0.25, -0.2) is 0 Å². The number of aromatic nitrogens is 3. The van der Waals surface area contributed by atoms with E-state index in [9.17, 15) is 0 Å². The molecule has 1 aromatic carbocycles. The zero-order valence-electron chi connectivity index (χ0n) is 8.72. The second-order valence-electron chi connectivity index (χ2n) is 3.60. The van der Waals surface area contributed by atoms with Crippen LogP contribution in [0.15, 0.2) is 30.6 Å². The molecule has 0 aliphatic rings. The summed E-state index contributed by atoms with van der Waals surface area (Å²) < 4.78 is 1.94. The first-order valence-electron chi connectivity index (χ1n) is 4.93. The topological polar surface area (TPSA) is 56.7 Å². The Balaban J connectivity index is 1.99. The number of hydrogen-bond donors (Lipinski definition) is 1. The summed E-state index contributed by atoms with van der Waals surface area (Å²) in [5.41, 5.74) is 7.69. The van der Waals surface area contributed by atoms with Crippen molar-refractivity contribution in [2.75, 3.05) is 5.73 Å². The van der Waals surface area contributed by atoms with Crippen LogP contribution < -0.4 is 5.73 Å². The summed E-state index contributed by atoms with van der Waals surface area (Å²) in [5.74, 6) is 1.01. The van der Waals surface area contributed by atoms with Crippen LogP contribution in [0, 0.1) is 0 Å². The van der Waals surface area contributed by atoms with E-state index in [4.69, 9.17) is 5.73 Å². The van der Waals surface area contributed by atoms with E-state index < -0.39 is 0 Å². The molecule has 0 unspecified atom stereocenters. The van der Waals surface area contributed by atoms with Crippen LogP contribution in [0.4, 0.5) is 5.69 Å². The Kier molecular flexibility index (Phi) is 2.67. The van der Waals surface area contributed by atoms with E-state index in [1.165, 1.54) is 5.56 Å². The van der Waals surface area contributed by atoms with Crippen LogP contribution in [0.1, 0.15) is 11.4 Å². The van der Waals surface area contributed by atoms with Gasteiger partial charge in [-0.05, 0) is 24.1 Å². The van der Waals surface area contributed by atoms with Gasteiger partial charge in [-0.15, -0.1) is 10.2 Å². The van der Waals surface area contributed by atoms with E-state index >= 15 is 0 Å². The number of anilines is 1. The zero-order chi connectivity index (χ0) is 10.7. The molecule has 0 saturated heterocycles. The van der Waals surface area contributed by atoms with Gasteiger partial charge in [-0.3, -0.25) is 0 Å². The minimum absolute atomic E-state index is 0.803. The Morgan fingerprint density at radius 1 is 1.20 bits per heavy atom. The van der Waals surface area contributed by atoms with E-state index in [0.29, 0.717) is 0 Å². The van der Waals surface area contributed by atoms with Crippen LogP contribution in [-0.2, 0) is 19.9 Å². The Labute approximate surface area is 88.8 Å². The average molecular weight is 202 g/mol. The molecule has 1 aromatic heterocycles. The predicted molar refractivity (Wildman–Crippen MR) is 59.3 cm³/mol. The van der Waals surface area contributed by atoms with Crippen LogP contribution in [0.2, 0.25) is 0 Å². The fourth-order valence-corrected chi connectivity index (χ4v) is 1.47. The van der Waals surface area contributed by atoms with Gasteiger partial charge in [0.15, 0.2) is 0 Å². The van der Waals surface area contributed by atoms with E-state index in [1.807, 2.05) is 35.9 Å². The van der Waals surface area contributed by atoms with Crippen molar-refractivity contribution >= 4 is 5.69 Å². The summed E-state index contributed by atoms with van der Waals surface area (Å²) in [7, 11) is 1.96. The maximum Gasteiger partial charge on any atom is 0.132 e. The van der Waals surface area contributed by atoms with Crippen LogP contribution in [-0.4, -0.2) is 14.8 Å². The highest BCUT2D eigenvalue weighted by molar-refractivity contribution is 5.39. The van der Waals surface area contributed by atoms with Gasteiger partial charge >= 0.3 is 0 Å². The van der Waals surface area contributed by atoms with Gasteiger partial charge in [0, 0.05) is 19.2 Å². The highest BCUT2D eigenvalue weighted by atomic mass is 15.2. The minimum Gasteiger partial charge on any atom is -0.399 e. The fourth-order valence-electron chi connectivity index (χ4n) is 1.47. The molecule has 4 nitrogen and oxygen atoms in total. The molecule has 2 rings (SSSR count). The van der Waals surface area contributed by atoms with Gasteiger partial charge in [0.05, 0.1) is 0 Å². The van der Waals surface area contributed by atoms with Gasteiger partial charge in [0.1, 0.15) is 12.2 Å². The fraction of sp³-hybridized carbons (Fsp3) is 0.273. The van der Waals surface area contributed by atoms with Gasteiger partial charge in [0.25, 0.3) is 0 Å². The first-order chi connectivity index (χ1) is 7.25. The molecule has 0 amide bonds. The molecule has 0 bridgehead atoms. The zero-order valence-corrected chi connectivity index (χ0v) is 8.72. The predicted octanol–water partition coefficient (Wildman–Crippen LogP) is 1.18. The largest absolute Gasteiger partial charge is 0.399 e. The summed E-state index contributed by atoms with van der Waals surface area (Å²) in [5, 5.41) is 7.88. The lowest BCUT2D eigenvalue weighted by molar-refractivity contribution is 0.770. The van der Waals surface area contributed by atoms with E-state index in [1.54, 1.807) is 6.33 Å². The first-order valence-corrected chi connectivity index (χ1v) is 4.93. The second kappa shape index (κ2) is 4.13. The molecule has 0 atom stereocenters. The molecule has 4 heteroatoms. The van der Waals surface area contributed by atoms with Crippen molar-refractivity contribution in [2.45, 2.75) is 12.8 Å². The average Bonchev–Trinajstić information content (AvgIpc) is 2.63. The molecule has 0 fully saturated rings. The molecule has 0 spiro atoms. The Bertz CT molecular complexity index is 430. The lowest BCUT2D eigenvalue weighted by Crippen LogP contribution is -2.00. The maximum atomic E-state index is 5.62. The van der Waals surface area contributed by atoms with Crippen molar-refractivity contribution in [3.8, 4) is 0 Å². The Morgan fingerprint density at radius 3 is 2.53 bits per heavy atom. The molecule has 1 heterocycles. The molecule has 15 heavy (non-hydrogen) atoms. The lowest BCUT2D eigenvalue weighted by Gasteiger charge is -2.01. The first kappa shape index (κ1) is 9.71. The summed E-state index contributed by atoms with van der Waals surface area (Å²) in [6.07, 6.45) is 3.59. The van der Waals surface area contributed by atoms with Crippen molar-refractivity contribution in [1.29, 1.82) is 0 Å². The van der Waals surface area contributed by atoms with Gasteiger partial charge in [0.2, 0.25) is 0 Å². The van der Waals surface area contributed by atoms with Gasteiger partial charge < -0.3 is 10.3 Å². The number of rotatable bonds is 3. The molecular weight excluding hydrogens is 188 g/mol. The molecule has 2 aromatic rings. The van der Waals surface area contributed by atoms with Gasteiger partial charge in [-0.2, -0.15) is 0 Å². The summed E-state index contributed by atoms with van der Waals surface area (Å²) >= 11 is 0. The van der Waals surface area contributed by atoms with Crippen molar-refractivity contribution in [2.24, 2.45) is 7.05 Å². The summed E-state index contributed by atoms with van der Waals surface area (Å²) in [4.78, 5) is 0. The van der Waals surface area contributed by atoms with Crippen LogP contribution in [0.3, 0.4) is 0 Å². The summed E-state index contributed by atoms with van der Waals surface area (Å²) in [6.45, 7) is 0. The molecule has 0 radical (unpaired) electrons. The number of aryl methyl sites for hydroxylation is 3. The highest BCUT2D eigenvalue weighted by Gasteiger charge is 2.00. The third-order valence-electron chi connectivity index (χ3n) is 2.42. The smallest absolute Gasteiger partial charge is 0.132 e. The molecule has 0 saturated carbocycles. The van der Waals surface area contributed by atoms with Gasteiger partial charge in [-0.1, -0.05) is 12.1 Å². The molecule has 0 aliphatic carbocycles. The monoisotopic (exact) mass is 202 g/mol. The van der Waals surface area contributed by atoms with Crippen molar-refractivity contribution in [3.05, 3.63) is 42.0 Å². The van der Waals surface area contributed by atoms with E-state index in [0.717, 1.165) is 24.4 Å².